The Balaban J connectivity index is 1.42. The van der Waals surface area contributed by atoms with Crippen LogP contribution in [0.15, 0.2) is 24.3 Å². The molecule has 1 aromatic carbocycles. The number of carbonyl (C=O) groups excluding carboxylic acids is 2. The molecule has 1 saturated carbocycles. The average Bonchev–Trinajstić information content (AvgIpc) is 3.30. The number of nitrogens with zero attached hydrogens (tertiary/aromatic N) is 2. The fourth-order valence-electron chi connectivity index (χ4n) is 7.45. The summed E-state index contributed by atoms with van der Waals surface area (Å²) in [5.74, 6) is 0.919. The van der Waals surface area contributed by atoms with Crippen molar-refractivity contribution in [1.82, 2.24) is 15.1 Å². The normalized spacial score (nSPS) is 29.2. The van der Waals surface area contributed by atoms with Crippen LogP contribution in [0.3, 0.4) is 0 Å². The number of amides is 2. The molecule has 3 fully saturated rings. The van der Waals surface area contributed by atoms with E-state index in [-0.39, 0.29) is 23.3 Å². The lowest BCUT2D eigenvalue weighted by Gasteiger charge is -2.51. The zero-order valence-corrected chi connectivity index (χ0v) is 20.5. The average molecular weight is 452 g/mol. The van der Waals surface area contributed by atoms with E-state index in [2.05, 4.69) is 29.0 Å². The van der Waals surface area contributed by atoms with Crippen molar-refractivity contribution in [2.24, 2.45) is 11.8 Å². The highest BCUT2D eigenvalue weighted by Gasteiger charge is 2.55. The maximum atomic E-state index is 14.0. The van der Waals surface area contributed by atoms with Crippen LogP contribution < -0.4 is 5.32 Å². The van der Waals surface area contributed by atoms with Crippen molar-refractivity contribution >= 4 is 11.8 Å². The Kier molecular flexibility index (Phi) is 6.52. The summed E-state index contributed by atoms with van der Waals surface area (Å²) in [5, 5.41) is 3.43. The van der Waals surface area contributed by atoms with Gasteiger partial charge in [-0.2, -0.15) is 0 Å². The molecule has 0 bridgehead atoms. The minimum atomic E-state index is -0.372. The maximum absolute atomic E-state index is 14.0. The molecule has 5 nitrogen and oxygen atoms in total. The lowest BCUT2D eigenvalue weighted by Crippen LogP contribution is -2.61. The zero-order chi connectivity index (χ0) is 23.0. The van der Waals surface area contributed by atoms with Gasteiger partial charge < -0.3 is 15.1 Å². The summed E-state index contributed by atoms with van der Waals surface area (Å²) >= 11 is 0. The molecule has 5 rings (SSSR count). The Hall–Kier alpha value is -1.88. The Morgan fingerprint density at radius 3 is 2.61 bits per heavy atom. The highest BCUT2D eigenvalue weighted by atomic mass is 16.2. The molecule has 1 N–H and O–H groups in total. The Bertz CT molecular complexity index is 874. The van der Waals surface area contributed by atoms with Gasteiger partial charge in [-0.15, -0.1) is 0 Å². The van der Waals surface area contributed by atoms with Crippen molar-refractivity contribution in [1.29, 1.82) is 0 Å². The zero-order valence-electron chi connectivity index (χ0n) is 20.5. The molecule has 0 radical (unpaired) electrons. The van der Waals surface area contributed by atoms with E-state index < -0.39 is 0 Å². The quantitative estimate of drug-likeness (QED) is 0.713. The first-order chi connectivity index (χ1) is 16.0. The number of hydrogen-bond donors (Lipinski definition) is 1. The number of benzene rings is 1. The first-order valence-electron chi connectivity index (χ1n) is 13.4. The molecule has 1 aliphatic carbocycles. The van der Waals surface area contributed by atoms with Gasteiger partial charge >= 0.3 is 0 Å². The number of piperidine rings is 2. The molecule has 33 heavy (non-hydrogen) atoms. The van der Waals surface area contributed by atoms with Gasteiger partial charge in [0.25, 0.3) is 5.91 Å². The number of fused-ring (bicyclic) bond motifs is 2. The first-order valence-corrected chi connectivity index (χ1v) is 13.4. The van der Waals surface area contributed by atoms with Crippen molar-refractivity contribution in [3.05, 3.63) is 35.4 Å². The second kappa shape index (κ2) is 9.40. The van der Waals surface area contributed by atoms with Crippen LogP contribution in [0.2, 0.25) is 0 Å². The van der Waals surface area contributed by atoms with Crippen LogP contribution in [0, 0.1) is 11.8 Å². The lowest BCUT2D eigenvalue weighted by atomic mass is 9.70. The summed E-state index contributed by atoms with van der Waals surface area (Å²) in [5.41, 5.74) is 1.31. The van der Waals surface area contributed by atoms with Crippen molar-refractivity contribution in [2.45, 2.75) is 89.1 Å². The van der Waals surface area contributed by atoms with Crippen molar-refractivity contribution in [2.75, 3.05) is 26.2 Å². The van der Waals surface area contributed by atoms with E-state index in [1.54, 1.807) is 0 Å². The topological polar surface area (TPSA) is 52.7 Å². The third kappa shape index (κ3) is 4.11. The predicted molar refractivity (Wildman–Crippen MR) is 131 cm³/mol. The van der Waals surface area contributed by atoms with Crippen molar-refractivity contribution in [3.63, 3.8) is 0 Å². The van der Waals surface area contributed by atoms with E-state index in [9.17, 15) is 9.59 Å². The molecular weight excluding hydrogens is 410 g/mol. The number of hydrogen-bond acceptors (Lipinski definition) is 3. The largest absolute Gasteiger partial charge is 0.355 e. The molecular formula is C28H41N3O2. The van der Waals surface area contributed by atoms with Crippen LogP contribution in [-0.2, 0) is 4.79 Å². The Labute approximate surface area is 199 Å². The van der Waals surface area contributed by atoms with Gasteiger partial charge in [0.05, 0.1) is 11.5 Å². The van der Waals surface area contributed by atoms with Crippen LogP contribution in [0.4, 0.5) is 0 Å². The monoisotopic (exact) mass is 451 g/mol. The van der Waals surface area contributed by atoms with Crippen LogP contribution >= 0.6 is 0 Å². The van der Waals surface area contributed by atoms with Crippen LogP contribution in [-0.4, -0.2) is 59.4 Å². The minimum Gasteiger partial charge on any atom is -0.355 e. The van der Waals surface area contributed by atoms with Gasteiger partial charge in [-0.05, 0) is 75.1 Å². The molecule has 3 unspecified atom stereocenters. The van der Waals surface area contributed by atoms with Crippen LogP contribution in [0.5, 0.6) is 0 Å². The van der Waals surface area contributed by atoms with E-state index >= 15 is 0 Å². The van der Waals surface area contributed by atoms with E-state index in [4.69, 9.17) is 0 Å². The number of rotatable bonds is 5. The molecule has 3 heterocycles. The van der Waals surface area contributed by atoms with Crippen LogP contribution in [0.1, 0.15) is 93.5 Å². The highest BCUT2D eigenvalue weighted by molar-refractivity contribution is 6.02. The van der Waals surface area contributed by atoms with E-state index in [0.29, 0.717) is 17.9 Å². The standard InChI is InChI=1S/C28H41N3O2/c1-20(2)19-31-27(33)23-12-4-3-11-22(23)25(28(31)14-6-7-15-28)26(32)29-18-21-10-9-17-30-16-8-5-13-24(21)30/h3-4,11-12,20-21,24-25H,5-10,13-19H2,1-2H3,(H,29,32). The third-order valence-corrected chi connectivity index (χ3v) is 8.87. The summed E-state index contributed by atoms with van der Waals surface area (Å²) in [6, 6.07) is 8.52. The maximum Gasteiger partial charge on any atom is 0.254 e. The molecule has 2 amide bonds. The summed E-state index contributed by atoms with van der Waals surface area (Å²) in [6.07, 6.45) is 10.4. The van der Waals surface area contributed by atoms with E-state index in [1.807, 2.05) is 24.3 Å². The van der Waals surface area contributed by atoms with Crippen molar-refractivity contribution < 1.29 is 9.59 Å². The first kappa shape index (κ1) is 22.9. The molecule has 1 aromatic rings. The van der Waals surface area contributed by atoms with E-state index in [1.165, 1.54) is 45.2 Å². The minimum absolute atomic E-state index is 0.121. The fourth-order valence-corrected chi connectivity index (χ4v) is 7.45. The van der Waals surface area contributed by atoms with E-state index in [0.717, 1.165) is 49.9 Å². The molecule has 3 aliphatic heterocycles. The van der Waals surface area contributed by atoms with Crippen molar-refractivity contribution in [3.8, 4) is 0 Å². The van der Waals surface area contributed by atoms with Gasteiger partial charge in [0.1, 0.15) is 0 Å². The predicted octanol–water partition coefficient (Wildman–Crippen LogP) is 4.58. The van der Waals surface area contributed by atoms with Gasteiger partial charge in [-0.1, -0.05) is 51.3 Å². The molecule has 1 spiro atoms. The molecule has 2 saturated heterocycles. The lowest BCUT2D eigenvalue weighted by molar-refractivity contribution is -0.127. The second-order valence-electron chi connectivity index (χ2n) is 11.4. The van der Waals surface area contributed by atoms with Gasteiger partial charge in [0.15, 0.2) is 0 Å². The summed E-state index contributed by atoms with van der Waals surface area (Å²) in [6.45, 7) is 8.28. The fraction of sp³-hybridized carbons (Fsp3) is 0.714. The molecule has 3 atom stereocenters. The van der Waals surface area contributed by atoms with Crippen LogP contribution in [0.25, 0.3) is 0 Å². The SMILES string of the molecule is CC(C)CN1C(=O)c2ccccc2C(C(=O)NCC2CCCN3CCCCC23)C12CCCC2. The second-order valence-corrected chi connectivity index (χ2v) is 11.4. The Morgan fingerprint density at radius 2 is 1.82 bits per heavy atom. The number of nitrogens with one attached hydrogen (secondary N) is 1. The molecule has 4 aliphatic rings. The van der Waals surface area contributed by atoms with Gasteiger partial charge in [0, 0.05) is 24.7 Å². The van der Waals surface area contributed by atoms with Gasteiger partial charge in [-0.3, -0.25) is 9.59 Å². The third-order valence-electron chi connectivity index (χ3n) is 8.87. The number of carbonyl (C=O) groups is 2. The van der Waals surface area contributed by atoms with Gasteiger partial charge in [-0.25, -0.2) is 0 Å². The smallest absolute Gasteiger partial charge is 0.254 e. The summed E-state index contributed by atoms with van der Waals surface area (Å²) < 4.78 is 0. The Morgan fingerprint density at radius 1 is 1.06 bits per heavy atom. The van der Waals surface area contributed by atoms with Gasteiger partial charge in [0.2, 0.25) is 5.91 Å². The molecule has 180 valence electrons. The summed E-state index contributed by atoms with van der Waals surface area (Å²) in [7, 11) is 0. The molecule has 5 heteroatoms. The molecule has 0 aromatic heterocycles. The highest BCUT2D eigenvalue weighted by Crippen LogP contribution is 2.50. The summed E-state index contributed by atoms with van der Waals surface area (Å²) in [4.78, 5) is 32.4.